The number of nitrogens with one attached hydrogen (secondary N) is 2. The van der Waals surface area contributed by atoms with E-state index in [1.807, 2.05) is 12.1 Å². The molecule has 0 radical (unpaired) electrons. The summed E-state index contributed by atoms with van der Waals surface area (Å²) in [5.41, 5.74) is 2.87. The van der Waals surface area contributed by atoms with Crippen molar-refractivity contribution < 1.29 is 9.18 Å². The van der Waals surface area contributed by atoms with Crippen LogP contribution in [0.4, 0.5) is 15.8 Å². The number of carbonyl (C=O) groups is 1. The number of amides is 1. The van der Waals surface area contributed by atoms with Gasteiger partial charge in [-0.15, -0.1) is 24.0 Å². The summed E-state index contributed by atoms with van der Waals surface area (Å²) >= 11 is 0. The second-order valence-corrected chi connectivity index (χ2v) is 7.76. The zero-order chi connectivity index (χ0) is 21.6. The Morgan fingerprint density at radius 2 is 1.75 bits per heavy atom. The van der Waals surface area contributed by atoms with Gasteiger partial charge in [-0.3, -0.25) is 9.79 Å². The van der Waals surface area contributed by atoms with Crippen LogP contribution in [0, 0.1) is 5.82 Å². The molecule has 32 heavy (non-hydrogen) atoms. The Balaban J connectivity index is 0.00000289. The van der Waals surface area contributed by atoms with Crippen LogP contribution in [-0.2, 0) is 11.3 Å². The summed E-state index contributed by atoms with van der Waals surface area (Å²) in [6, 6.07) is 15.2. The van der Waals surface area contributed by atoms with Gasteiger partial charge in [-0.1, -0.05) is 24.3 Å². The molecule has 0 unspecified atom stereocenters. The van der Waals surface area contributed by atoms with Gasteiger partial charge in [0.2, 0.25) is 5.91 Å². The molecule has 0 spiro atoms. The Morgan fingerprint density at radius 1 is 1.03 bits per heavy atom. The number of piperazine rings is 2. The second-order valence-electron chi connectivity index (χ2n) is 7.76. The molecule has 0 atom stereocenters. The van der Waals surface area contributed by atoms with Crippen molar-refractivity contribution in [1.29, 1.82) is 0 Å². The quantitative estimate of drug-likeness (QED) is 0.347. The van der Waals surface area contributed by atoms with E-state index < -0.39 is 0 Å². The van der Waals surface area contributed by atoms with Crippen LogP contribution in [-0.4, -0.2) is 69.6 Å². The molecule has 0 aliphatic carbocycles. The predicted octanol–water partition coefficient (Wildman–Crippen LogP) is 2.28. The molecule has 9 heteroatoms. The average Bonchev–Trinajstić information content (AvgIpc) is 2.81. The molecule has 4 rings (SSSR count). The number of aliphatic imine (C=N–C) groups is 1. The van der Waals surface area contributed by atoms with Gasteiger partial charge < -0.3 is 25.3 Å². The zero-order valence-corrected chi connectivity index (χ0v) is 20.6. The van der Waals surface area contributed by atoms with Gasteiger partial charge in [0.1, 0.15) is 5.82 Å². The highest BCUT2D eigenvalue weighted by Gasteiger charge is 2.21. The van der Waals surface area contributed by atoms with Crippen LogP contribution >= 0.6 is 24.0 Å². The number of carbonyl (C=O) groups excluding carboxylic acids is 1. The predicted molar refractivity (Wildman–Crippen MR) is 137 cm³/mol. The number of hydrogen-bond acceptors (Lipinski definition) is 4. The van der Waals surface area contributed by atoms with Gasteiger partial charge in [0, 0.05) is 58.5 Å². The average molecular weight is 552 g/mol. The van der Waals surface area contributed by atoms with Crippen molar-refractivity contribution in [3.05, 3.63) is 59.9 Å². The molecule has 2 saturated heterocycles. The maximum absolute atomic E-state index is 14.1. The summed E-state index contributed by atoms with van der Waals surface area (Å²) in [5, 5.41) is 6.28. The topological polar surface area (TPSA) is 63.2 Å². The van der Waals surface area contributed by atoms with E-state index in [2.05, 4.69) is 54.6 Å². The minimum atomic E-state index is -0.174. The molecule has 7 nitrogen and oxygen atoms in total. The van der Waals surface area contributed by atoms with Crippen molar-refractivity contribution in [1.82, 2.24) is 15.5 Å². The molecule has 2 N–H and O–H groups in total. The van der Waals surface area contributed by atoms with Crippen molar-refractivity contribution in [2.45, 2.75) is 6.54 Å². The van der Waals surface area contributed by atoms with E-state index in [1.54, 1.807) is 13.1 Å². The summed E-state index contributed by atoms with van der Waals surface area (Å²) in [6.07, 6.45) is 0. The third-order valence-corrected chi connectivity index (χ3v) is 5.77. The number of benzene rings is 2. The molecule has 2 aromatic carbocycles. The molecule has 2 aliphatic rings. The van der Waals surface area contributed by atoms with Gasteiger partial charge >= 0.3 is 0 Å². The number of rotatable bonds is 4. The first kappa shape index (κ1) is 24.1. The maximum atomic E-state index is 14.1. The number of anilines is 2. The maximum Gasteiger partial charge on any atom is 0.239 e. The number of nitrogens with zero attached hydrogens (tertiary/aromatic N) is 4. The van der Waals surface area contributed by atoms with E-state index >= 15 is 0 Å². The Bertz CT molecular complexity index is 930. The van der Waals surface area contributed by atoms with Gasteiger partial charge in [-0.05, 0) is 29.8 Å². The Morgan fingerprint density at radius 3 is 2.41 bits per heavy atom. The van der Waals surface area contributed by atoms with Crippen molar-refractivity contribution in [3.8, 4) is 0 Å². The number of para-hydroxylation sites is 1. The molecular weight excluding hydrogens is 522 g/mol. The van der Waals surface area contributed by atoms with Crippen molar-refractivity contribution in [3.63, 3.8) is 0 Å². The van der Waals surface area contributed by atoms with E-state index in [1.165, 1.54) is 6.07 Å². The lowest BCUT2D eigenvalue weighted by atomic mass is 10.2. The Hall–Kier alpha value is -2.56. The third kappa shape index (κ3) is 5.81. The van der Waals surface area contributed by atoms with Gasteiger partial charge in [0.25, 0.3) is 0 Å². The molecular formula is C23H30FIN6O. The molecule has 172 valence electrons. The molecule has 2 fully saturated rings. The largest absolute Gasteiger partial charge is 0.366 e. The van der Waals surface area contributed by atoms with Crippen molar-refractivity contribution in [2.24, 2.45) is 4.99 Å². The molecule has 0 saturated carbocycles. The van der Waals surface area contributed by atoms with Crippen LogP contribution in [0.1, 0.15) is 5.56 Å². The van der Waals surface area contributed by atoms with Crippen LogP contribution in [0.5, 0.6) is 0 Å². The van der Waals surface area contributed by atoms with Gasteiger partial charge in [0.15, 0.2) is 5.96 Å². The summed E-state index contributed by atoms with van der Waals surface area (Å²) in [5.74, 6) is 0.743. The summed E-state index contributed by atoms with van der Waals surface area (Å²) in [4.78, 5) is 22.4. The fourth-order valence-corrected chi connectivity index (χ4v) is 4.06. The standard InChI is InChI=1S/C23H29FN6O.HI/c1-25-23(29-14-12-28(13-15-29)21-5-3-2-4-20(21)24)27-16-18-6-8-19(9-7-18)30-11-10-26-22(31)17-30;/h2-9H,10-17H2,1H3,(H,25,27)(H,26,31);1H. The Kier molecular flexibility index (Phi) is 8.54. The summed E-state index contributed by atoms with van der Waals surface area (Å²) in [7, 11) is 1.79. The van der Waals surface area contributed by atoms with Crippen LogP contribution in [0.15, 0.2) is 53.5 Å². The lowest BCUT2D eigenvalue weighted by molar-refractivity contribution is -0.120. The summed E-state index contributed by atoms with van der Waals surface area (Å²) < 4.78 is 14.1. The van der Waals surface area contributed by atoms with E-state index in [0.717, 1.165) is 49.9 Å². The molecule has 0 bridgehead atoms. The lowest BCUT2D eigenvalue weighted by Gasteiger charge is -2.37. The highest BCUT2D eigenvalue weighted by atomic mass is 127. The molecule has 0 aromatic heterocycles. The van der Waals surface area contributed by atoms with Gasteiger partial charge in [0.05, 0.1) is 12.2 Å². The van der Waals surface area contributed by atoms with Gasteiger partial charge in [-0.2, -0.15) is 0 Å². The normalized spacial score (nSPS) is 17.0. The van der Waals surface area contributed by atoms with E-state index in [-0.39, 0.29) is 35.7 Å². The molecule has 1 amide bonds. The highest BCUT2D eigenvalue weighted by Crippen LogP contribution is 2.20. The fraction of sp³-hybridized carbons (Fsp3) is 0.391. The van der Waals surface area contributed by atoms with Gasteiger partial charge in [-0.25, -0.2) is 4.39 Å². The van der Waals surface area contributed by atoms with Crippen LogP contribution in [0.25, 0.3) is 0 Å². The minimum absolute atomic E-state index is 0. The van der Waals surface area contributed by atoms with E-state index in [4.69, 9.17) is 0 Å². The number of halogens is 2. The molecule has 2 aliphatic heterocycles. The first-order chi connectivity index (χ1) is 15.1. The smallest absolute Gasteiger partial charge is 0.239 e. The first-order valence-corrected chi connectivity index (χ1v) is 10.7. The monoisotopic (exact) mass is 552 g/mol. The molecule has 2 aromatic rings. The van der Waals surface area contributed by atoms with E-state index in [9.17, 15) is 9.18 Å². The second kappa shape index (κ2) is 11.3. The van der Waals surface area contributed by atoms with E-state index in [0.29, 0.717) is 25.3 Å². The van der Waals surface area contributed by atoms with Crippen LogP contribution in [0.2, 0.25) is 0 Å². The molecule has 2 heterocycles. The van der Waals surface area contributed by atoms with Crippen molar-refractivity contribution >= 4 is 47.2 Å². The lowest BCUT2D eigenvalue weighted by Crippen LogP contribution is -2.52. The SMILES string of the molecule is CN=C(NCc1ccc(N2CCNC(=O)C2)cc1)N1CCN(c2ccccc2F)CC1.I. The zero-order valence-electron chi connectivity index (χ0n) is 18.3. The highest BCUT2D eigenvalue weighted by molar-refractivity contribution is 14.0. The minimum Gasteiger partial charge on any atom is -0.366 e. The fourth-order valence-electron chi connectivity index (χ4n) is 4.06. The summed E-state index contributed by atoms with van der Waals surface area (Å²) in [6.45, 7) is 5.65. The first-order valence-electron chi connectivity index (χ1n) is 10.7. The van der Waals surface area contributed by atoms with Crippen LogP contribution < -0.4 is 20.4 Å². The van der Waals surface area contributed by atoms with Crippen molar-refractivity contribution in [2.75, 3.05) is 62.7 Å². The van der Waals surface area contributed by atoms with Crippen LogP contribution in [0.3, 0.4) is 0 Å². The third-order valence-electron chi connectivity index (χ3n) is 5.77. The number of hydrogen-bond donors (Lipinski definition) is 2. The number of guanidine groups is 1. The Labute approximate surface area is 205 Å².